The lowest BCUT2D eigenvalue weighted by Crippen LogP contribution is -2.40. The first-order valence-electron chi connectivity index (χ1n) is 7.13. The highest BCUT2D eigenvalue weighted by Crippen LogP contribution is 2.37. The Morgan fingerprint density at radius 2 is 1.90 bits per heavy atom. The molecule has 0 bridgehead atoms. The normalized spacial score (nSPS) is 13.1. The molecule has 1 N–H and O–H groups in total. The number of hydrogen-bond acceptors (Lipinski definition) is 1. The van der Waals surface area contributed by atoms with Crippen LogP contribution in [0.5, 0.6) is 0 Å². The number of aromatic nitrogens is 1. The SMILES string of the molecule is Cc1c(CO[Si](C)(C)C(C)(C)C)[nH]c2cc(Br)c(I)cc12. The van der Waals surface area contributed by atoms with Gasteiger partial charge in [-0.2, -0.15) is 0 Å². The van der Waals surface area contributed by atoms with Crippen molar-refractivity contribution in [2.45, 2.75) is 52.4 Å². The van der Waals surface area contributed by atoms with Crippen molar-refractivity contribution in [3.63, 3.8) is 0 Å². The zero-order valence-corrected chi connectivity index (χ0v) is 18.3. The van der Waals surface area contributed by atoms with Crippen LogP contribution in [0.25, 0.3) is 10.9 Å². The third kappa shape index (κ3) is 3.56. The maximum Gasteiger partial charge on any atom is 0.192 e. The fraction of sp³-hybridized carbons (Fsp3) is 0.500. The Balaban J connectivity index is 2.30. The predicted molar refractivity (Wildman–Crippen MR) is 105 cm³/mol. The van der Waals surface area contributed by atoms with E-state index in [4.69, 9.17) is 4.43 Å². The Hall–Kier alpha value is 0.147. The standard InChI is InChI=1S/C16H23BrINOSi/c1-10-11-7-13(18)12(17)8-14(11)19-15(10)9-20-21(5,6)16(2,3)4/h7-8,19H,9H2,1-6H3. The van der Waals surface area contributed by atoms with Gasteiger partial charge < -0.3 is 9.41 Å². The summed E-state index contributed by atoms with van der Waals surface area (Å²) in [6.45, 7) is 14.3. The lowest BCUT2D eigenvalue weighted by molar-refractivity contribution is 0.272. The zero-order chi connectivity index (χ0) is 16.0. The Kier molecular flexibility index (Phi) is 4.98. The summed E-state index contributed by atoms with van der Waals surface area (Å²) >= 11 is 5.95. The van der Waals surface area contributed by atoms with Gasteiger partial charge in [0.05, 0.1) is 6.61 Å². The average Bonchev–Trinajstić information content (AvgIpc) is 2.63. The molecule has 1 aromatic heterocycles. The van der Waals surface area contributed by atoms with Crippen LogP contribution in [0.2, 0.25) is 18.1 Å². The molecular weight excluding hydrogens is 457 g/mol. The highest BCUT2D eigenvalue weighted by Gasteiger charge is 2.37. The quantitative estimate of drug-likeness (QED) is 0.401. The van der Waals surface area contributed by atoms with Gasteiger partial charge in [-0.1, -0.05) is 20.8 Å². The van der Waals surface area contributed by atoms with Crippen LogP contribution in [-0.2, 0) is 11.0 Å². The molecular formula is C16H23BrINOSi. The van der Waals surface area contributed by atoms with E-state index in [1.165, 1.54) is 25.7 Å². The van der Waals surface area contributed by atoms with Gasteiger partial charge in [0, 0.05) is 24.6 Å². The molecule has 0 aliphatic carbocycles. The molecule has 0 spiro atoms. The first-order chi connectivity index (χ1) is 9.53. The number of halogens is 2. The zero-order valence-electron chi connectivity index (χ0n) is 13.5. The monoisotopic (exact) mass is 479 g/mol. The van der Waals surface area contributed by atoms with E-state index in [2.05, 4.69) is 96.4 Å². The van der Waals surface area contributed by atoms with E-state index in [0.717, 1.165) is 4.47 Å². The van der Waals surface area contributed by atoms with Gasteiger partial charge in [-0.3, -0.25) is 0 Å². The number of benzene rings is 1. The van der Waals surface area contributed by atoms with Gasteiger partial charge in [-0.15, -0.1) is 0 Å². The molecule has 5 heteroatoms. The molecule has 0 saturated carbocycles. The van der Waals surface area contributed by atoms with E-state index in [1.807, 2.05) is 0 Å². The van der Waals surface area contributed by atoms with E-state index in [-0.39, 0.29) is 5.04 Å². The Labute approximate surface area is 150 Å². The molecule has 21 heavy (non-hydrogen) atoms. The van der Waals surface area contributed by atoms with Crippen molar-refractivity contribution in [2.24, 2.45) is 0 Å². The molecule has 0 amide bonds. The number of fused-ring (bicyclic) bond motifs is 1. The molecule has 1 aromatic carbocycles. The van der Waals surface area contributed by atoms with Gasteiger partial charge in [0.1, 0.15) is 0 Å². The van der Waals surface area contributed by atoms with Crippen LogP contribution in [0.15, 0.2) is 16.6 Å². The smallest absolute Gasteiger partial charge is 0.192 e. The Morgan fingerprint density at radius 3 is 2.48 bits per heavy atom. The number of rotatable bonds is 3. The van der Waals surface area contributed by atoms with Gasteiger partial charge in [0.2, 0.25) is 0 Å². The number of aryl methyl sites for hydroxylation is 1. The summed E-state index contributed by atoms with van der Waals surface area (Å²) in [5.41, 5.74) is 3.67. The van der Waals surface area contributed by atoms with Crippen molar-refractivity contribution in [1.29, 1.82) is 0 Å². The number of aromatic amines is 1. The molecule has 0 atom stereocenters. The van der Waals surface area contributed by atoms with Crippen LogP contribution in [0, 0.1) is 10.5 Å². The molecule has 0 radical (unpaired) electrons. The van der Waals surface area contributed by atoms with Gasteiger partial charge in [-0.05, 0) is 81.3 Å². The largest absolute Gasteiger partial charge is 0.411 e. The van der Waals surface area contributed by atoms with Gasteiger partial charge in [0.15, 0.2) is 8.32 Å². The van der Waals surface area contributed by atoms with Crippen molar-refractivity contribution in [2.75, 3.05) is 0 Å². The second-order valence-corrected chi connectivity index (χ2v) is 13.9. The molecule has 1 heterocycles. The second-order valence-electron chi connectivity index (χ2n) is 7.09. The predicted octanol–water partition coefficient (Wildman–Crippen LogP) is 6.37. The summed E-state index contributed by atoms with van der Waals surface area (Å²) in [5.74, 6) is 0. The van der Waals surface area contributed by atoms with Crippen LogP contribution in [0.1, 0.15) is 32.0 Å². The van der Waals surface area contributed by atoms with Crippen LogP contribution in [0.3, 0.4) is 0 Å². The third-order valence-electron chi connectivity index (χ3n) is 4.59. The minimum absolute atomic E-state index is 0.241. The molecule has 2 nitrogen and oxygen atoms in total. The first-order valence-corrected chi connectivity index (χ1v) is 11.9. The summed E-state index contributed by atoms with van der Waals surface area (Å²) < 4.78 is 8.71. The summed E-state index contributed by atoms with van der Waals surface area (Å²) in [4.78, 5) is 3.52. The maximum absolute atomic E-state index is 6.34. The fourth-order valence-electron chi connectivity index (χ4n) is 1.99. The maximum atomic E-state index is 6.34. The summed E-state index contributed by atoms with van der Waals surface area (Å²) in [6, 6.07) is 4.38. The van der Waals surface area contributed by atoms with Gasteiger partial charge in [-0.25, -0.2) is 0 Å². The van der Waals surface area contributed by atoms with Gasteiger partial charge >= 0.3 is 0 Å². The minimum atomic E-state index is -1.71. The second kappa shape index (κ2) is 5.98. The van der Waals surface area contributed by atoms with Crippen LogP contribution < -0.4 is 0 Å². The topological polar surface area (TPSA) is 25.0 Å². The fourth-order valence-corrected chi connectivity index (χ4v) is 3.74. The third-order valence-corrected chi connectivity index (χ3v) is 11.4. The average molecular weight is 480 g/mol. The first kappa shape index (κ1) is 17.5. The van der Waals surface area contributed by atoms with Crippen LogP contribution in [0.4, 0.5) is 0 Å². The number of H-pyrrole nitrogens is 1. The van der Waals surface area contributed by atoms with Crippen molar-refractivity contribution in [3.05, 3.63) is 31.4 Å². The Morgan fingerprint density at radius 1 is 1.29 bits per heavy atom. The van der Waals surface area contributed by atoms with Crippen LogP contribution in [-0.4, -0.2) is 13.3 Å². The minimum Gasteiger partial charge on any atom is -0.411 e. The van der Waals surface area contributed by atoms with Crippen molar-refractivity contribution >= 4 is 57.7 Å². The Bertz CT molecular complexity index is 673. The van der Waals surface area contributed by atoms with E-state index < -0.39 is 8.32 Å². The van der Waals surface area contributed by atoms with E-state index >= 15 is 0 Å². The molecule has 0 fully saturated rings. The molecule has 0 aliphatic rings. The van der Waals surface area contributed by atoms with E-state index in [9.17, 15) is 0 Å². The number of nitrogens with one attached hydrogen (secondary N) is 1. The summed E-state index contributed by atoms with van der Waals surface area (Å²) in [6.07, 6.45) is 0. The highest BCUT2D eigenvalue weighted by molar-refractivity contribution is 14.1. The van der Waals surface area contributed by atoms with Crippen molar-refractivity contribution < 1.29 is 4.43 Å². The summed E-state index contributed by atoms with van der Waals surface area (Å²) in [5, 5.41) is 1.53. The lowest BCUT2D eigenvalue weighted by atomic mass is 10.1. The van der Waals surface area contributed by atoms with E-state index in [0.29, 0.717) is 6.61 Å². The van der Waals surface area contributed by atoms with E-state index in [1.54, 1.807) is 0 Å². The van der Waals surface area contributed by atoms with Crippen molar-refractivity contribution in [3.8, 4) is 0 Å². The molecule has 116 valence electrons. The molecule has 0 aliphatic heterocycles. The lowest BCUT2D eigenvalue weighted by Gasteiger charge is -2.36. The molecule has 2 rings (SSSR count). The molecule has 0 saturated heterocycles. The van der Waals surface area contributed by atoms with Gasteiger partial charge in [0.25, 0.3) is 0 Å². The molecule has 2 aromatic rings. The summed E-state index contributed by atoms with van der Waals surface area (Å²) in [7, 11) is -1.71. The van der Waals surface area contributed by atoms with Crippen molar-refractivity contribution in [1.82, 2.24) is 4.98 Å². The number of hydrogen-bond donors (Lipinski definition) is 1. The molecule has 0 unspecified atom stereocenters. The highest BCUT2D eigenvalue weighted by atomic mass is 127. The van der Waals surface area contributed by atoms with Crippen LogP contribution >= 0.6 is 38.5 Å².